The Balaban J connectivity index is 2.48. The van der Waals surface area contributed by atoms with E-state index in [0.717, 1.165) is 16.1 Å². The summed E-state index contributed by atoms with van der Waals surface area (Å²) >= 11 is 1.52. The van der Waals surface area contributed by atoms with Gasteiger partial charge in [0.1, 0.15) is 5.01 Å². The first-order chi connectivity index (χ1) is 7.66. The van der Waals surface area contributed by atoms with Crippen molar-refractivity contribution in [2.75, 3.05) is 5.32 Å². The van der Waals surface area contributed by atoms with Gasteiger partial charge < -0.3 is 11.1 Å². The fourth-order valence-corrected chi connectivity index (χ4v) is 2.11. The number of benzene rings is 1. The minimum Gasteiger partial charge on any atom is -0.351 e. The predicted molar refractivity (Wildman–Crippen MR) is 65.5 cm³/mol. The summed E-state index contributed by atoms with van der Waals surface area (Å²) < 4.78 is 0. The fourth-order valence-electron chi connectivity index (χ4n) is 1.44. The molecule has 0 bridgehead atoms. The number of rotatable bonds is 2. The van der Waals surface area contributed by atoms with Gasteiger partial charge in [-0.3, -0.25) is 0 Å². The number of carbonyl (C=O) groups excluding carboxylic acids is 1. The maximum atomic E-state index is 10.9. The van der Waals surface area contributed by atoms with Crippen LogP contribution in [0, 0.1) is 6.92 Å². The Labute approximate surface area is 97.1 Å². The zero-order valence-electron chi connectivity index (χ0n) is 8.73. The Hall–Kier alpha value is -1.88. The summed E-state index contributed by atoms with van der Waals surface area (Å²) in [6, 6.07) is 5.22. The summed E-state index contributed by atoms with van der Waals surface area (Å²) in [6.07, 6.45) is 1.73. The van der Waals surface area contributed by atoms with Gasteiger partial charge >= 0.3 is 6.03 Å². The van der Waals surface area contributed by atoms with E-state index in [2.05, 4.69) is 10.3 Å². The van der Waals surface area contributed by atoms with Crippen LogP contribution in [0.5, 0.6) is 0 Å². The lowest BCUT2D eigenvalue weighted by Gasteiger charge is -2.08. The number of anilines is 1. The maximum absolute atomic E-state index is 10.9. The minimum atomic E-state index is -0.566. The molecule has 16 heavy (non-hydrogen) atoms. The fraction of sp³-hybridized carbons (Fsp3) is 0.0909. The molecule has 1 aromatic carbocycles. The van der Waals surface area contributed by atoms with Crippen molar-refractivity contribution >= 4 is 23.1 Å². The largest absolute Gasteiger partial charge is 0.351 e. The number of aryl methyl sites for hydroxylation is 1. The highest BCUT2D eigenvalue weighted by Gasteiger charge is 2.08. The lowest BCUT2D eigenvalue weighted by Crippen LogP contribution is -2.19. The molecule has 0 spiro atoms. The average molecular weight is 233 g/mol. The lowest BCUT2D eigenvalue weighted by molar-refractivity contribution is 0.259. The van der Waals surface area contributed by atoms with Crippen LogP contribution >= 0.6 is 11.3 Å². The van der Waals surface area contributed by atoms with Crippen molar-refractivity contribution in [3.8, 4) is 10.6 Å². The van der Waals surface area contributed by atoms with Gasteiger partial charge in [-0.1, -0.05) is 6.07 Å². The second-order valence-electron chi connectivity index (χ2n) is 3.38. The Kier molecular flexibility index (Phi) is 2.87. The van der Waals surface area contributed by atoms with Crippen LogP contribution in [0.2, 0.25) is 0 Å². The van der Waals surface area contributed by atoms with E-state index < -0.39 is 6.03 Å². The van der Waals surface area contributed by atoms with Crippen LogP contribution < -0.4 is 11.1 Å². The van der Waals surface area contributed by atoms with Gasteiger partial charge in [-0.15, -0.1) is 11.3 Å². The average Bonchev–Trinajstić information content (AvgIpc) is 2.69. The molecule has 0 atom stereocenters. The van der Waals surface area contributed by atoms with Gasteiger partial charge in [-0.05, 0) is 24.6 Å². The van der Waals surface area contributed by atoms with Gasteiger partial charge in [0.15, 0.2) is 0 Å². The molecule has 0 radical (unpaired) electrons. The molecule has 3 N–H and O–H groups in total. The number of nitrogens with two attached hydrogens (primary N) is 1. The Morgan fingerprint density at radius 2 is 2.31 bits per heavy atom. The SMILES string of the molecule is Cc1ccc(-c2nccs2)c(NC(N)=O)c1. The number of hydrogen-bond donors (Lipinski definition) is 2. The van der Waals surface area contributed by atoms with E-state index in [9.17, 15) is 4.79 Å². The zero-order chi connectivity index (χ0) is 11.5. The van der Waals surface area contributed by atoms with Crippen LogP contribution in [0.4, 0.5) is 10.5 Å². The second kappa shape index (κ2) is 4.32. The van der Waals surface area contributed by atoms with E-state index in [1.807, 2.05) is 30.5 Å². The highest BCUT2D eigenvalue weighted by molar-refractivity contribution is 7.13. The van der Waals surface area contributed by atoms with Gasteiger partial charge in [-0.25, -0.2) is 9.78 Å². The summed E-state index contributed by atoms with van der Waals surface area (Å²) in [4.78, 5) is 15.1. The Morgan fingerprint density at radius 1 is 1.50 bits per heavy atom. The number of amides is 2. The third-order valence-corrected chi connectivity index (χ3v) is 2.90. The lowest BCUT2D eigenvalue weighted by atomic mass is 10.1. The Morgan fingerprint density at radius 3 is 2.94 bits per heavy atom. The zero-order valence-corrected chi connectivity index (χ0v) is 9.54. The molecule has 1 aromatic heterocycles. The number of primary amides is 1. The topological polar surface area (TPSA) is 68.0 Å². The van der Waals surface area contributed by atoms with Gasteiger partial charge in [0.25, 0.3) is 0 Å². The molecular weight excluding hydrogens is 222 g/mol. The summed E-state index contributed by atoms with van der Waals surface area (Å²) in [5.41, 5.74) is 7.77. The van der Waals surface area contributed by atoms with Crippen LogP contribution in [-0.2, 0) is 0 Å². The summed E-state index contributed by atoms with van der Waals surface area (Å²) in [5, 5.41) is 5.36. The van der Waals surface area contributed by atoms with E-state index in [1.54, 1.807) is 6.20 Å². The van der Waals surface area contributed by atoms with Crippen molar-refractivity contribution in [2.45, 2.75) is 6.92 Å². The number of nitrogens with zero attached hydrogens (tertiary/aromatic N) is 1. The monoisotopic (exact) mass is 233 g/mol. The smallest absolute Gasteiger partial charge is 0.316 e. The molecule has 2 rings (SSSR count). The quantitative estimate of drug-likeness (QED) is 0.837. The third-order valence-electron chi connectivity index (χ3n) is 2.10. The second-order valence-corrected chi connectivity index (χ2v) is 4.27. The van der Waals surface area contributed by atoms with Gasteiger partial charge in [0.2, 0.25) is 0 Å². The van der Waals surface area contributed by atoms with E-state index in [1.165, 1.54) is 11.3 Å². The third kappa shape index (κ3) is 2.20. The van der Waals surface area contributed by atoms with Crippen LogP contribution in [0.25, 0.3) is 10.6 Å². The number of nitrogens with one attached hydrogen (secondary N) is 1. The Bertz CT molecular complexity index is 508. The first kappa shape index (κ1) is 10.6. The van der Waals surface area contributed by atoms with Crippen molar-refractivity contribution in [3.63, 3.8) is 0 Å². The summed E-state index contributed by atoms with van der Waals surface area (Å²) in [7, 11) is 0. The molecule has 1 heterocycles. The van der Waals surface area contributed by atoms with Crippen LogP contribution in [0.1, 0.15) is 5.56 Å². The van der Waals surface area contributed by atoms with Gasteiger partial charge in [0.05, 0.1) is 5.69 Å². The minimum absolute atomic E-state index is 0.566. The van der Waals surface area contributed by atoms with Crippen molar-refractivity contribution in [2.24, 2.45) is 5.73 Å². The number of urea groups is 1. The molecule has 0 aliphatic carbocycles. The van der Waals surface area contributed by atoms with E-state index >= 15 is 0 Å². The number of aromatic nitrogens is 1. The molecule has 2 aromatic rings. The van der Waals surface area contributed by atoms with Gasteiger partial charge in [-0.2, -0.15) is 0 Å². The van der Waals surface area contributed by atoms with E-state index in [0.29, 0.717) is 5.69 Å². The molecule has 2 amide bonds. The van der Waals surface area contributed by atoms with Crippen LogP contribution in [-0.4, -0.2) is 11.0 Å². The molecule has 0 aliphatic rings. The molecule has 0 unspecified atom stereocenters. The molecular formula is C11H11N3OS. The van der Waals surface area contributed by atoms with Crippen molar-refractivity contribution < 1.29 is 4.79 Å². The first-order valence-electron chi connectivity index (χ1n) is 4.74. The standard InChI is InChI=1S/C11H11N3OS/c1-7-2-3-8(10-13-4-5-16-10)9(6-7)14-11(12)15/h2-6H,1H3,(H3,12,14,15). The van der Waals surface area contributed by atoms with Crippen molar-refractivity contribution in [1.29, 1.82) is 0 Å². The van der Waals surface area contributed by atoms with Crippen LogP contribution in [0.15, 0.2) is 29.8 Å². The van der Waals surface area contributed by atoms with Crippen molar-refractivity contribution in [1.82, 2.24) is 4.98 Å². The van der Waals surface area contributed by atoms with Crippen molar-refractivity contribution in [3.05, 3.63) is 35.3 Å². The molecule has 5 heteroatoms. The first-order valence-corrected chi connectivity index (χ1v) is 5.62. The van der Waals surface area contributed by atoms with E-state index in [-0.39, 0.29) is 0 Å². The molecule has 0 saturated carbocycles. The number of carbonyl (C=O) groups is 1. The highest BCUT2D eigenvalue weighted by Crippen LogP contribution is 2.30. The molecule has 0 aliphatic heterocycles. The maximum Gasteiger partial charge on any atom is 0.316 e. The molecule has 4 nitrogen and oxygen atoms in total. The summed E-state index contributed by atoms with van der Waals surface area (Å²) in [6.45, 7) is 1.96. The number of hydrogen-bond acceptors (Lipinski definition) is 3. The predicted octanol–water partition coefficient (Wildman–Crippen LogP) is 2.61. The molecule has 0 saturated heterocycles. The molecule has 0 fully saturated rings. The van der Waals surface area contributed by atoms with E-state index in [4.69, 9.17) is 5.73 Å². The molecule has 82 valence electrons. The van der Waals surface area contributed by atoms with Gasteiger partial charge in [0, 0.05) is 17.1 Å². The van der Waals surface area contributed by atoms with Crippen LogP contribution in [0.3, 0.4) is 0 Å². The normalized spacial score (nSPS) is 10.1. The number of thiazole rings is 1. The summed E-state index contributed by atoms with van der Waals surface area (Å²) in [5.74, 6) is 0. The highest BCUT2D eigenvalue weighted by atomic mass is 32.1.